The lowest BCUT2D eigenvalue weighted by atomic mass is 10.0. The summed E-state index contributed by atoms with van der Waals surface area (Å²) in [7, 11) is 0. The van der Waals surface area contributed by atoms with E-state index in [4.69, 9.17) is 5.73 Å². The molecule has 1 aromatic carbocycles. The topological polar surface area (TPSA) is 69.2 Å². The van der Waals surface area contributed by atoms with Crippen LogP contribution < -0.4 is 5.73 Å². The van der Waals surface area contributed by atoms with Gasteiger partial charge in [0.25, 0.3) is 5.69 Å². The highest BCUT2D eigenvalue weighted by atomic mass is 32.1. The molecule has 2 aromatic rings. The van der Waals surface area contributed by atoms with Crippen LogP contribution in [-0.4, -0.2) is 4.92 Å². The molecule has 0 aliphatic rings. The predicted octanol–water partition coefficient (Wildman–Crippen LogP) is 3.78. The fourth-order valence-corrected chi connectivity index (χ4v) is 2.72. The summed E-state index contributed by atoms with van der Waals surface area (Å²) >= 11 is 1.54. The molecule has 0 bridgehead atoms. The Morgan fingerprint density at radius 3 is 2.67 bits per heavy atom. The molecule has 0 spiro atoms. The SMILES string of the molecule is CCc1cc(-c2ccc(C)c([N+](=O)[O-])c2)c(N)s1. The van der Waals surface area contributed by atoms with Crippen molar-refractivity contribution in [2.75, 3.05) is 5.73 Å². The van der Waals surface area contributed by atoms with Crippen LogP contribution in [0.1, 0.15) is 17.4 Å². The number of hydrogen-bond donors (Lipinski definition) is 1. The van der Waals surface area contributed by atoms with Gasteiger partial charge in [0.05, 0.1) is 9.92 Å². The third-order valence-corrected chi connectivity index (χ3v) is 3.99. The molecular formula is C13H14N2O2S. The van der Waals surface area contributed by atoms with Gasteiger partial charge in [-0.05, 0) is 25.0 Å². The number of anilines is 1. The summed E-state index contributed by atoms with van der Waals surface area (Å²) < 4.78 is 0. The molecule has 0 saturated heterocycles. The minimum atomic E-state index is -0.359. The maximum atomic E-state index is 10.9. The molecule has 0 radical (unpaired) electrons. The molecule has 0 fully saturated rings. The summed E-state index contributed by atoms with van der Waals surface area (Å²) in [6, 6.07) is 7.23. The third-order valence-electron chi connectivity index (χ3n) is 2.88. The minimum absolute atomic E-state index is 0.135. The highest BCUT2D eigenvalue weighted by molar-refractivity contribution is 7.16. The number of nitrogen functional groups attached to an aromatic ring is 1. The van der Waals surface area contributed by atoms with E-state index in [2.05, 4.69) is 6.92 Å². The van der Waals surface area contributed by atoms with Crippen LogP contribution in [0.2, 0.25) is 0 Å². The van der Waals surface area contributed by atoms with E-state index < -0.39 is 0 Å². The first-order chi connectivity index (χ1) is 8.52. The zero-order valence-corrected chi connectivity index (χ0v) is 11.1. The molecule has 0 unspecified atom stereocenters. The van der Waals surface area contributed by atoms with Gasteiger partial charge in [-0.2, -0.15) is 0 Å². The first-order valence-electron chi connectivity index (χ1n) is 5.66. The largest absolute Gasteiger partial charge is 0.390 e. The Morgan fingerprint density at radius 2 is 2.11 bits per heavy atom. The minimum Gasteiger partial charge on any atom is -0.390 e. The number of aryl methyl sites for hydroxylation is 2. The maximum Gasteiger partial charge on any atom is 0.272 e. The Hall–Kier alpha value is -1.88. The van der Waals surface area contributed by atoms with E-state index in [0.29, 0.717) is 10.6 Å². The number of nitro benzene ring substituents is 1. The van der Waals surface area contributed by atoms with Crippen LogP contribution in [0.3, 0.4) is 0 Å². The van der Waals surface area contributed by atoms with Crippen molar-refractivity contribution in [3.05, 3.63) is 44.8 Å². The molecule has 1 aromatic heterocycles. The van der Waals surface area contributed by atoms with Gasteiger partial charge in [0, 0.05) is 22.1 Å². The normalized spacial score (nSPS) is 10.6. The van der Waals surface area contributed by atoms with Crippen molar-refractivity contribution in [2.45, 2.75) is 20.3 Å². The number of nitrogens with zero attached hydrogens (tertiary/aromatic N) is 1. The van der Waals surface area contributed by atoms with Gasteiger partial charge < -0.3 is 5.73 Å². The quantitative estimate of drug-likeness (QED) is 0.676. The van der Waals surface area contributed by atoms with Crippen molar-refractivity contribution in [3.63, 3.8) is 0 Å². The summed E-state index contributed by atoms with van der Waals surface area (Å²) in [6.07, 6.45) is 0.919. The van der Waals surface area contributed by atoms with Gasteiger partial charge in [0.1, 0.15) is 0 Å². The molecule has 5 heteroatoms. The molecule has 0 aliphatic carbocycles. The van der Waals surface area contributed by atoms with E-state index in [9.17, 15) is 10.1 Å². The van der Waals surface area contributed by atoms with E-state index in [1.807, 2.05) is 12.1 Å². The third kappa shape index (κ3) is 2.22. The van der Waals surface area contributed by atoms with Crippen LogP contribution in [0.15, 0.2) is 24.3 Å². The van der Waals surface area contributed by atoms with Crippen molar-refractivity contribution in [1.82, 2.24) is 0 Å². The molecular weight excluding hydrogens is 248 g/mol. The van der Waals surface area contributed by atoms with Gasteiger partial charge in [-0.1, -0.05) is 19.1 Å². The Bertz CT molecular complexity index is 605. The highest BCUT2D eigenvalue weighted by Crippen LogP contribution is 2.36. The standard InChI is InChI=1S/C13H14N2O2S/c1-3-10-7-11(13(14)18-10)9-5-4-8(2)12(6-9)15(16)17/h4-7H,3,14H2,1-2H3. The van der Waals surface area contributed by atoms with Crippen molar-refractivity contribution in [2.24, 2.45) is 0 Å². The van der Waals surface area contributed by atoms with E-state index in [0.717, 1.165) is 17.5 Å². The molecule has 2 N–H and O–H groups in total. The van der Waals surface area contributed by atoms with Crippen molar-refractivity contribution in [3.8, 4) is 11.1 Å². The van der Waals surface area contributed by atoms with E-state index in [1.54, 1.807) is 19.1 Å². The monoisotopic (exact) mass is 262 g/mol. The van der Waals surface area contributed by atoms with Crippen LogP contribution in [0.25, 0.3) is 11.1 Å². The average molecular weight is 262 g/mol. The van der Waals surface area contributed by atoms with Gasteiger partial charge in [0.2, 0.25) is 0 Å². The van der Waals surface area contributed by atoms with Crippen molar-refractivity contribution >= 4 is 22.0 Å². The lowest BCUT2D eigenvalue weighted by Gasteiger charge is -2.02. The smallest absolute Gasteiger partial charge is 0.272 e. The summed E-state index contributed by atoms with van der Waals surface area (Å²) in [5.74, 6) is 0. The summed E-state index contributed by atoms with van der Waals surface area (Å²) in [5.41, 5.74) is 8.45. The van der Waals surface area contributed by atoms with Crippen LogP contribution in [0, 0.1) is 17.0 Å². The van der Waals surface area contributed by atoms with Crippen molar-refractivity contribution in [1.29, 1.82) is 0 Å². The Kier molecular flexibility index (Phi) is 3.34. The van der Waals surface area contributed by atoms with Crippen LogP contribution in [0.4, 0.5) is 10.7 Å². The number of nitro groups is 1. The maximum absolute atomic E-state index is 10.9. The van der Waals surface area contributed by atoms with Gasteiger partial charge in [-0.15, -0.1) is 11.3 Å². The zero-order valence-electron chi connectivity index (χ0n) is 10.3. The van der Waals surface area contributed by atoms with E-state index in [-0.39, 0.29) is 10.6 Å². The number of hydrogen-bond acceptors (Lipinski definition) is 4. The highest BCUT2D eigenvalue weighted by Gasteiger charge is 2.14. The Balaban J connectivity index is 2.53. The lowest BCUT2D eigenvalue weighted by molar-refractivity contribution is -0.385. The molecule has 18 heavy (non-hydrogen) atoms. The molecule has 0 atom stereocenters. The van der Waals surface area contributed by atoms with Crippen molar-refractivity contribution < 1.29 is 4.92 Å². The van der Waals surface area contributed by atoms with Gasteiger partial charge in [-0.3, -0.25) is 10.1 Å². The van der Waals surface area contributed by atoms with Gasteiger partial charge >= 0.3 is 0 Å². The first kappa shape index (κ1) is 12.6. The number of thiophene rings is 1. The average Bonchev–Trinajstić information content (AvgIpc) is 2.71. The number of benzene rings is 1. The van der Waals surface area contributed by atoms with Gasteiger partial charge in [-0.25, -0.2) is 0 Å². The molecule has 4 nitrogen and oxygen atoms in total. The fraction of sp³-hybridized carbons (Fsp3) is 0.231. The van der Waals surface area contributed by atoms with Gasteiger partial charge in [0.15, 0.2) is 0 Å². The lowest BCUT2D eigenvalue weighted by Crippen LogP contribution is -1.92. The Labute approximate surface area is 109 Å². The molecule has 0 aliphatic heterocycles. The van der Waals surface area contributed by atoms with E-state index in [1.165, 1.54) is 16.2 Å². The summed E-state index contributed by atoms with van der Waals surface area (Å²) in [6.45, 7) is 3.79. The summed E-state index contributed by atoms with van der Waals surface area (Å²) in [4.78, 5) is 11.8. The fourth-order valence-electron chi connectivity index (χ4n) is 1.83. The van der Waals surface area contributed by atoms with E-state index >= 15 is 0 Å². The second-order valence-corrected chi connectivity index (χ2v) is 5.27. The Morgan fingerprint density at radius 1 is 1.39 bits per heavy atom. The molecule has 94 valence electrons. The van der Waals surface area contributed by atoms with Crippen LogP contribution >= 0.6 is 11.3 Å². The molecule has 0 saturated carbocycles. The summed E-state index contributed by atoms with van der Waals surface area (Å²) in [5, 5.41) is 11.6. The predicted molar refractivity (Wildman–Crippen MR) is 74.9 cm³/mol. The molecule has 1 heterocycles. The first-order valence-corrected chi connectivity index (χ1v) is 6.48. The second kappa shape index (κ2) is 4.78. The van der Waals surface area contributed by atoms with Crippen LogP contribution in [0.5, 0.6) is 0 Å². The molecule has 0 amide bonds. The zero-order chi connectivity index (χ0) is 13.3. The number of nitrogens with two attached hydrogens (primary N) is 1. The van der Waals surface area contributed by atoms with Crippen LogP contribution in [-0.2, 0) is 6.42 Å². The molecule has 2 rings (SSSR count). The number of rotatable bonds is 3. The second-order valence-electron chi connectivity index (χ2n) is 4.10.